The molecular weight excluding hydrogens is 757 g/mol. The van der Waals surface area contributed by atoms with Crippen LogP contribution in [0.4, 0.5) is 0 Å². The van der Waals surface area contributed by atoms with Gasteiger partial charge in [0, 0.05) is 35.7 Å². The lowest BCUT2D eigenvalue weighted by Gasteiger charge is -2.31. The molecular formula is C39H52N8O7S2. The van der Waals surface area contributed by atoms with E-state index in [-0.39, 0.29) is 37.3 Å². The van der Waals surface area contributed by atoms with Gasteiger partial charge in [-0.1, -0.05) is 48.5 Å². The number of aliphatic hydroxyl groups is 1. The highest BCUT2D eigenvalue weighted by Crippen LogP contribution is 2.24. The van der Waals surface area contributed by atoms with Gasteiger partial charge in [0.1, 0.15) is 36.3 Å². The fourth-order valence-electron chi connectivity index (χ4n) is 6.86. The third-order valence-corrected chi connectivity index (χ3v) is 11.6. The number of carbonyl (C=O) groups is 6. The van der Waals surface area contributed by atoms with Crippen molar-refractivity contribution in [2.45, 2.75) is 87.8 Å². The Hall–Kier alpha value is -4.58. The molecule has 0 aliphatic carbocycles. The molecule has 2 aliphatic rings. The van der Waals surface area contributed by atoms with E-state index in [1.54, 1.807) is 6.20 Å². The molecule has 5 rings (SSSR count). The van der Waals surface area contributed by atoms with E-state index in [1.165, 1.54) is 35.3 Å². The molecule has 0 spiro atoms. The van der Waals surface area contributed by atoms with Crippen LogP contribution in [-0.2, 0) is 41.6 Å². The molecule has 2 aliphatic heterocycles. The molecule has 7 atom stereocenters. The number of aromatic amines is 1. The van der Waals surface area contributed by atoms with Gasteiger partial charge in [-0.15, -0.1) is 11.8 Å². The summed E-state index contributed by atoms with van der Waals surface area (Å²) < 4.78 is 0. The summed E-state index contributed by atoms with van der Waals surface area (Å²) in [7, 11) is 0. The van der Waals surface area contributed by atoms with Gasteiger partial charge in [0.2, 0.25) is 35.4 Å². The average molecular weight is 809 g/mol. The van der Waals surface area contributed by atoms with Gasteiger partial charge >= 0.3 is 0 Å². The van der Waals surface area contributed by atoms with Gasteiger partial charge in [-0.3, -0.25) is 28.8 Å². The zero-order valence-corrected chi connectivity index (χ0v) is 33.3. The normalized spacial score (nSPS) is 25.0. The number of nitrogens with two attached hydrogens (primary N) is 1. The first-order valence-electron chi connectivity index (χ1n) is 18.9. The fourth-order valence-corrected chi connectivity index (χ4v) is 8.49. The maximum absolute atomic E-state index is 14.4. The van der Waals surface area contributed by atoms with Gasteiger partial charge in [0.15, 0.2) is 0 Å². The first kappa shape index (κ1) is 42.6. The van der Waals surface area contributed by atoms with E-state index in [9.17, 15) is 33.9 Å². The molecule has 9 N–H and O–H groups in total. The van der Waals surface area contributed by atoms with Crippen LogP contribution in [0, 0.1) is 0 Å². The number of aliphatic hydroxyl groups excluding tert-OH is 1. The number of carbonyl (C=O) groups excluding carboxylic acids is 6. The molecule has 2 fully saturated rings. The molecule has 6 amide bonds. The fraction of sp³-hybridized carbons (Fsp3) is 0.487. The Morgan fingerprint density at radius 3 is 2.16 bits per heavy atom. The summed E-state index contributed by atoms with van der Waals surface area (Å²) in [6.45, 7) is 1.68. The van der Waals surface area contributed by atoms with E-state index in [1.807, 2.05) is 60.9 Å². The predicted octanol–water partition coefficient (Wildman–Crippen LogP) is 0.555. The topological polar surface area (TPSA) is 228 Å². The van der Waals surface area contributed by atoms with Crippen LogP contribution in [0.15, 0.2) is 60.8 Å². The molecule has 2 aromatic carbocycles. The van der Waals surface area contributed by atoms with Crippen LogP contribution < -0.4 is 32.3 Å². The van der Waals surface area contributed by atoms with Crippen molar-refractivity contribution in [1.82, 2.24) is 36.5 Å². The Balaban J connectivity index is 1.54. The van der Waals surface area contributed by atoms with Gasteiger partial charge in [-0.25, -0.2) is 0 Å². The van der Waals surface area contributed by atoms with E-state index in [2.05, 4.69) is 31.6 Å². The third-order valence-electron chi connectivity index (χ3n) is 9.98. The third kappa shape index (κ3) is 11.0. The molecule has 3 heterocycles. The standard InChI is InChI=1S/C39H52N8O7S2/c1-23(48)33-38(53)43-29(15-17-55-2)34(49)45-31(18-24-10-4-3-5-11-24)39(54)47-22-56-21-32(47)37(52)44-30(19-25-20-41-27-13-7-6-12-26(25)27)36(51)42-28(35(50)46-33)14-8-9-16-40/h3-7,10-13,20,23,28-33,41,48H,8-9,14-19,21-22,40H2,1-2H3,(H,42,51)(H,43,53)(H,44,52)(H,45,49)(H,46,50)/t23-,28+,29+,30-,31+,32+,33+/m1/s1. The van der Waals surface area contributed by atoms with Crippen molar-refractivity contribution in [1.29, 1.82) is 0 Å². The Labute approximate surface area is 334 Å². The Kier molecular flexibility index (Phi) is 15.6. The average Bonchev–Trinajstić information content (AvgIpc) is 3.85. The molecule has 1 aromatic heterocycles. The number of aromatic nitrogens is 1. The molecule has 0 unspecified atom stereocenters. The van der Waals surface area contributed by atoms with Crippen molar-refractivity contribution in [3.05, 3.63) is 71.9 Å². The van der Waals surface area contributed by atoms with Gasteiger partial charge in [0.05, 0.1) is 12.0 Å². The monoisotopic (exact) mass is 808 g/mol. The Morgan fingerprint density at radius 1 is 0.786 bits per heavy atom. The highest BCUT2D eigenvalue weighted by molar-refractivity contribution is 7.99. The van der Waals surface area contributed by atoms with Crippen molar-refractivity contribution in [2.24, 2.45) is 5.73 Å². The molecule has 0 radical (unpaired) electrons. The first-order chi connectivity index (χ1) is 27.0. The molecule has 56 heavy (non-hydrogen) atoms. The lowest BCUT2D eigenvalue weighted by atomic mass is 10.0. The van der Waals surface area contributed by atoms with Crippen LogP contribution in [0.2, 0.25) is 0 Å². The summed E-state index contributed by atoms with van der Waals surface area (Å²) in [5.41, 5.74) is 8.08. The van der Waals surface area contributed by atoms with E-state index in [4.69, 9.17) is 5.73 Å². The van der Waals surface area contributed by atoms with Gasteiger partial charge < -0.3 is 47.3 Å². The number of thioether (sulfide) groups is 2. The molecule has 302 valence electrons. The Bertz CT molecular complexity index is 1840. The number of nitrogens with one attached hydrogen (secondary N) is 6. The summed E-state index contributed by atoms with van der Waals surface area (Å²) in [5.74, 6) is -2.97. The van der Waals surface area contributed by atoms with E-state index in [0.29, 0.717) is 25.1 Å². The summed E-state index contributed by atoms with van der Waals surface area (Å²) in [5, 5.41) is 25.4. The minimum Gasteiger partial charge on any atom is -0.391 e. The molecule has 2 saturated heterocycles. The second-order valence-corrected chi connectivity index (χ2v) is 16.1. The van der Waals surface area contributed by atoms with Crippen LogP contribution in [0.5, 0.6) is 0 Å². The second-order valence-electron chi connectivity index (χ2n) is 14.1. The van der Waals surface area contributed by atoms with Gasteiger partial charge in [-0.05, 0) is 68.4 Å². The minimum absolute atomic E-state index is 0.0510. The number of fused-ring (bicyclic) bond motifs is 2. The zero-order chi connectivity index (χ0) is 40.2. The number of benzene rings is 2. The van der Waals surface area contributed by atoms with Crippen LogP contribution in [0.25, 0.3) is 10.9 Å². The molecule has 15 nitrogen and oxygen atoms in total. The van der Waals surface area contributed by atoms with E-state index >= 15 is 0 Å². The lowest BCUT2D eigenvalue weighted by molar-refractivity contribution is -0.142. The number of amides is 6. The number of rotatable bonds is 12. The maximum Gasteiger partial charge on any atom is 0.246 e. The number of para-hydroxylation sites is 1. The van der Waals surface area contributed by atoms with E-state index < -0.39 is 77.8 Å². The second kappa shape index (κ2) is 20.5. The number of hydrogen-bond acceptors (Lipinski definition) is 10. The van der Waals surface area contributed by atoms with Crippen molar-refractivity contribution in [3.8, 4) is 0 Å². The van der Waals surface area contributed by atoms with Gasteiger partial charge in [-0.2, -0.15) is 11.8 Å². The quantitative estimate of drug-likeness (QED) is 0.119. The SMILES string of the molecule is CSCC[C@@H]1NC(=O)[C@H]([C@@H](C)O)NC(=O)[C@H](CCCCN)NC(=O)[C@@H](Cc2c[nH]c3ccccc23)NC(=O)[C@@H]2CSCN2C(=O)[C@H](Cc2ccccc2)NC1=O. The summed E-state index contributed by atoms with van der Waals surface area (Å²) >= 11 is 2.83. The Morgan fingerprint density at radius 2 is 1.43 bits per heavy atom. The number of unbranched alkanes of at least 4 members (excludes halogenated alkanes) is 1. The van der Waals surface area contributed by atoms with Crippen LogP contribution in [0.1, 0.15) is 43.7 Å². The highest BCUT2D eigenvalue weighted by atomic mass is 32.2. The first-order valence-corrected chi connectivity index (χ1v) is 21.4. The van der Waals surface area contributed by atoms with Crippen LogP contribution in [0.3, 0.4) is 0 Å². The van der Waals surface area contributed by atoms with Crippen molar-refractivity contribution in [2.75, 3.05) is 30.2 Å². The van der Waals surface area contributed by atoms with Gasteiger partial charge in [0.25, 0.3) is 0 Å². The number of H-pyrrole nitrogens is 1. The predicted molar refractivity (Wildman–Crippen MR) is 217 cm³/mol. The number of hydrogen-bond donors (Lipinski definition) is 8. The minimum atomic E-state index is -1.49. The van der Waals surface area contributed by atoms with Crippen molar-refractivity contribution in [3.63, 3.8) is 0 Å². The highest BCUT2D eigenvalue weighted by Gasteiger charge is 2.41. The van der Waals surface area contributed by atoms with Crippen molar-refractivity contribution >= 4 is 69.9 Å². The summed E-state index contributed by atoms with van der Waals surface area (Å²) in [6.07, 6.45) is 3.72. The molecule has 3 aromatic rings. The van der Waals surface area contributed by atoms with Crippen LogP contribution in [-0.4, -0.2) is 123 Å². The smallest absolute Gasteiger partial charge is 0.246 e. The lowest BCUT2D eigenvalue weighted by Crippen LogP contribution is -2.63. The molecule has 0 bridgehead atoms. The number of nitrogens with zero attached hydrogens (tertiary/aromatic N) is 1. The maximum atomic E-state index is 14.4. The zero-order valence-electron chi connectivity index (χ0n) is 31.6. The molecule has 0 saturated carbocycles. The molecule has 17 heteroatoms. The van der Waals surface area contributed by atoms with E-state index in [0.717, 1.165) is 22.0 Å². The van der Waals surface area contributed by atoms with Crippen molar-refractivity contribution < 1.29 is 33.9 Å². The largest absolute Gasteiger partial charge is 0.391 e. The summed E-state index contributed by atoms with van der Waals surface area (Å²) in [4.78, 5) is 89.3. The summed E-state index contributed by atoms with van der Waals surface area (Å²) in [6, 6.07) is 9.60. The van der Waals surface area contributed by atoms with Crippen LogP contribution >= 0.6 is 23.5 Å².